The molecule has 1 heterocycles. The molecule has 0 aliphatic carbocycles. The second-order valence-electron chi connectivity index (χ2n) is 6.37. The van der Waals surface area contributed by atoms with Gasteiger partial charge < -0.3 is 15.0 Å². The number of nitrogens with one attached hydrogen (secondary N) is 1. The van der Waals surface area contributed by atoms with Crippen molar-refractivity contribution in [2.24, 2.45) is 0 Å². The highest BCUT2D eigenvalue weighted by atomic mass is 79.9. The van der Waals surface area contributed by atoms with Gasteiger partial charge in [-0.3, -0.25) is 4.79 Å². The number of sulfonamides is 1. The lowest BCUT2D eigenvalue weighted by Crippen LogP contribution is -2.46. The van der Waals surface area contributed by atoms with Gasteiger partial charge in [-0.1, -0.05) is 0 Å². The normalized spacial score (nSPS) is 15.7. The van der Waals surface area contributed by atoms with E-state index in [4.69, 9.17) is 4.74 Å². The number of carbonyl (C=O) groups is 2. The van der Waals surface area contributed by atoms with Crippen LogP contribution in [0.1, 0.15) is 30.1 Å². The van der Waals surface area contributed by atoms with E-state index in [1.54, 1.807) is 24.0 Å². The Kier molecular flexibility index (Phi) is 7.24. The first-order valence-corrected chi connectivity index (χ1v) is 10.8. The monoisotopic (exact) mass is 461 g/mol. The summed E-state index contributed by atoms with van der Waals surface area (Å²) in [7, 11) is -0.798. The zero-order valence-corrected chi connectivity index (χ0v) is 18.0. The first-order valence-electron chi connectivity index (χ1n) is 8.61. The number of amides is 2. The summed E-state index contributed by atoms with van der Waals surface area (Å²) in [6, 6.07) is 4.40. The van der Waals surface area contributed by atoms with Crippen molar-refractivity contribution in [3.63, 3.8) is 0 Å². The van der Waals surface area contributed by atoms with Gasteiger partial charge in [0, 0.05) is 43.3 Å². The average molecular weight is 462 g/mol. The molecule has 1 N–H and O–H groups in total. The molecule has 1 aromatic rings. The second-order valence-corrected chi connectivity index (χ2v) is 9.34. The molecule has 1 aromatic carbocycles. The van der Waals surface area contributed by atoms with E-state index < -0.39 is 10.0 Å². The molecule has 0 radical (unpaired) electrons. The van der Waals surface area contributed by atoms with Gasteiger partial charge in [0.1, 0.15) is 0 Å². The standard InChI is InChI=1S/C17H24BrN3O5S/c1-4-26-17(23)21-9-7-13(8-10-21)19-16(22)12-5-6-14(18)15(11-12)27(24,25)20(2)3/h5-6,11,13H,4,7-10H2,1-3H3,(H,19,22). The zero-order chi connectivity index (χ0) is 20.2. The van der Waals surface area contributed by atoms with Crippen LogP contribution in [0.3, 0.4) is 0 Å². The van der Waals surface area contributed by atoms with E-state index in [1.165, 1.54) is 20.2 Å². The van der Waals surface area contributed by atoms with Crippen molar-refractivity contribution in [2.75, 3.05) is 33.8 Å². The van der Waals surface area contributed by atoms with Crippen LogP contribution in [0, 0.1) is 0 Å². The number of hydrogen-bond acceptors (Lipinski definition) is 5. The van der Waals surface area contributed by atoms with Crippen molar-refractivity contribution in [2.45, 2.75) is 30.7 Å². The van der Waals surface area contributed by atoms with Crippen molar-refractivity contribution >= 4 is 38.0 Å². The van der Waals surface area contributed by atoms with Crippen LogP contribution in [0.5, 0.6) is 0 Å². The summed E-state index contributed by atoms with van der Waals surface area (Å²) >= 11 is 3.23. The third-order valence-corrected chi connectivity index (χ3v) is 7.12. The fraction of sp³-hybridized carbons (Fsp3) is 0.529. The van der Waals surface area contributed by atoms with Crippen molar-refractivity contribution in [3.05, 3.63) is 28.2 Å². The van der Waals surface area contributed by atoms with Crippen LogP contribution in [0.15, 0.2) is 27.6 Å². The third-order valence-electron chi connectivity index (χ3n) is 4.31. The molecule has 0 unspecified atom stereocenters. The Labute approximate surface area is 168 Å². The Morgan fingerprint density at radius 3 is 2.48 bits per heavy atom. The summed E-state index contributed by atoms with van der Waals surface area (Å²) in [5, 5.41) is 2.91. The minimum absolute atomic E-state index is 0.0391. The number of ether oxygens (including phenoxy) is 1. The van der Waals surface area contributed by atoms with E-state index >= 15 is 0 Å². The van der Waals surface area contributed by atoms with Crippen molar-refractivity contribution in [1.29, 1.82) is 0 Å². The lowest BCUT2D eigenvalue weighted by atomic mass is 10.0. The smallest absolute Gasteiger partial charge is 0.409 e. The number of likely N-dealkylation sites (tertiary alicyclic amines) is 1. The van der Waals surface area contributed by atoms with Gasteiger partial charge in [-0.25, -0.2) is 17.5 Å². The third kappa shape index (κ3) is 5.20. The number of nitrogens with zero attached hydrogens (tertiary/aromatic N) is 2. The number of piperidine rings is 1. The van der Waals surface area contributed by atoms with Gasteiger partial charge in [-0.05, 0) is 53.9 Å². The highest BCUT2D eigenvalue weighted by molar-refractivity contribution is 9.10. The highest BCUT2D eigenvalue weighted by Gasteiger charge is 2.26. The first-order chi connectivity index (χ1) is 12.7. The lowest BCUT2D eigenvalue weighted by Gasteiger charge is -2.31. The van der Waals surface area contributed by atoms with E-state index in [1.807, 2.05) is 0 Å². The molecule has 27 heavy (non-hydrogen) atoms. The molecular weight excluding hydrogens is 438 g/mol. The molecule has 2 amide bonds. The Morgan fingerprint density at radius 1 is 1.30 bits per heavy atom. The fourth-order valence-electron chi connectivity index (χ4n) is 2.73. The van der Waals surface area contributed by atoms with Gasteiger partial charge in [0.15, 0.2) is 0 Å². The number of halogens is 1. The van der Waals surface area contributed by atoms with Crippen LogP contribution in [-0.2, 0) is 14.8 Å². The predicted octanol–water partition coefficient (Wildman–Crippen LogP) is 2.05. The van der Waals surface area contributed by atoms with Gasteiger partial charge in [-0.15, -0.1) is 0 Å². The molecule has 0 bridgehead atoms. The average Bonchev–Trinajstić information content (AvgIpc) is 2.62. The summed E-state index contributed by atoms with van der Waals surface area (Å²) in [6.07, 6.45) is 0.891. The molecule has 2 rings (SSSR count). The first kappa shape index (κ1) is 21.6. The zero-order valence-electron chi connectivity index (χ0n) is 15.6. The van der Waals surface area contributed by atoms with Crippen LogP contribution in [0.25, 0.3) is 0 Å². The summed E-state index contributed by atoms with van der Waals surface area (Å²) in [5.41, 5.74) is 0.270. The summed E-state index contributed by atoms with van der Waals surface area (Å²) < 4.78 is 31.2. The topological polar surface area (TPSA) is 96.0 Å². The maximum Gasteiger partial charge on any atom is 0.409 e. The van der Waals surface area contributed by atoms with Crippen molar-refractivity contribution < 1.29 is 22.7 Å². The number of carbonyl (C=O) groups excluding carboxylic acids is 2. The predicted molar refractivity (Wildman–Crippen MR) is 104 cm³/mol. The van der Waals surface area contributed by atoms with Crippen LogP contribution in [0.4, 0.5) is 4.79 Å². The Balaban J connectivity index is 2.04. The molecule has 8 nitrogen and oxygen atoms in total. The minimum atomic E-state index is -3.67. The maximum absolute atomic E-state index is 12.6. The summed E-state index contributed by atoms with van der Waals surface area (Å²) in [5.74, 6) is -0.340. The van der Waals surface area contributed by atoms with Crippen molar-refractivity contribution in [1.82, 2.24) is 14.5 Å². The van der Waals surface area contributed by atoms with Crippen molar-refractivity contribution in [3.8, 4) is 0 Å². The molecule has 1 saturated heterocycles. The van der Waals surface area contributed by atoms with E-state index in [2.05, 4.69) is 21.2 Å². The molecular formula is C17H24BrN3O5S. The second kappa shape index (κ2) is 9.03. The molecule has 0 spiro atoms. The van der Waals surface area contributed by atoms with Gasteiger partial charge in [0.25, 0.3) is 5.91 Å². The molecule has 1 aliphatic rings. The van der Waals surface area contributed by atoms with Crippen LogP contribution in [-0.4, -0.2) is 69.5 Å². The van der Waals surface area contributed by atoms with Crippen LogP contribution >= 0.6 is 15.9 Å². The maximum atomic E-state index is 12.6. The Morgan fingerprint density at radius 2 is 1.93 bits per heavy atom. The number of hydrogen-bond donors (Lipinski definition) is 1. The van der Waals surface area contributed by atoms with Gasteiger partial charge in [-0.2, -0.15) is 0 Å². The van der Waals surface area contributed by atoms with E-state index in [0.29, 0.717) is 37.0 Å². The summed E-state index contributed by atoms with van der Waals surface area (Å²) in [6.45, 7) is 3.10. The quantitative estimate of drug-likeness (QED) is 0.723. The Hall–Kier alpha value is -1.65. The number of benzene rings is 1. The van der Waals surface area contributed by atoms with Crippen LogP contribution in [0.2, 0.25) is 0 Å². The number of rotatable bonds is 5. The van der Waals surface area contributed by atoms with Gasteiger partial charge >= 0.3 is 6.09 Å². The molecule has 1 aliphatic heterocycles. The molecule has 150 valence electrons. The molecule has 10 heteroatoms. The highest BCUT2D eigenvalue weighted by Crippen LogP contribution is 2.25. The van der Waals surface area contributed by atoms with E-state index in [9.17, 15) is 18.0 Å². The SMILES string of the molecule is CCOC(=O)N1CCC(NC(=O)c2ccc(Br)c(S(=O)(=O)N(C)C)c2)CC1. The molecule has 0 saturated carbocycles. The lowest BCUT2D eigenvalue weighted by molar-refractivity contribution is 0.0860. The van der Waals surface area contributed by atoms with Gasteiger partial charge in [0.2, 0.25) is 10.0 Å². The molecule has 0 aromatic heterocycles. The van der Waals surface area contributed by atoms with Gasteiger partial charge in [0.05, 0.1) is 11.5 Å². The molecule has 1 fully saturated rings. The molecule has 0 atom stereocenters. The fourth-order valence-corrected chi connectivity index (χ4v) is 4.57. The Bertz CT molecular complexity index is 805. The van der Waals surface area contributed by atoms with E-state index in [-0.39, 0.29) is 28.5 Å². The van der Waals surface area contributed by atoms with Crippen LogP contribution < -0.4 is 5.32 Å². The minimum Gasteiger partial charge on any atom is -0.450 e. The largest absolute Gasteiger partial charge is 0.450 e. The summed E-state index contributed by atoms with van der Waals surface area (Å²) in [4.78, 5) is 25.9. The van der Waals surface area contributed by atoms with E-state index in [0.717, 1.165) is 4.31 Å².